The Balaban J connectivity index is 1.95. The Morgan fingerprint density at radius 1 is 1.28 bits per heavy atom. The largest absolute Gasteiger partial charge is 0.319 e. The van der Waals surface area contributed by atoms with E-state index >= 15 is 0 Å². The molecule has 0 aliphatic rings. The maximum absolute atomic E-state index is 12.5. The third-order valence-electron chi connectivity index (χ3n) is 3.26. The molecule has 1 N–H and O–H groups in total. The topological polar surface area (TPSA) is 107 Å². The highest BCUT2D eigenvalue weighted by molar-refractivity contribution is 7.90. The van der Waals surface area contributed by atoms with Gasteiger partial charge in [-0.2, -0.15) is 5.10 Å². The summed E-state index contributed by atoms with van der Waals surface area (Å²) in [5.41, 5.74) is 0.548. The number of halogens is 1. The van der Waals surface area contributed by atoms with E-state index in [9.17, 15) is 13.2 Å². The van der Waals surface area contributed by atoms with Crippen molar-refractivity contribution in [1.82, 2.24) is 19.7 Å². The molecule has 128 valence electrons. The molecule has 0 atom stereocenters. The number of carbonyl (C=O) groups excluding carboxylic acids is 1. The van der Waals surface area contributed by atoms with Crippen molar-refractivity contribution in [2.45, 2.75) is 4.90 Å². The highest BCUT2D eigenvalue weighted by Gasteiger charge is 2.17. The molecule has 0 aliphatic carbocycles. The summed E-state index contributed by atoms with van der Waals surface area (Å²) in [7, 11) is -3.55. The Morgan fingerprint density at radius 3 is 2.76 bits per heavy atom. The highest BCUT2D eigenvalue weighted by Crippen LogP contribution is 2.24. The van der Waals surface area contributed by atoms with Crippen molar-refractivity contribution in [3.8, 4) is 5.82 Å². The predicted molar refractivity (Wildman–Crippen MR) is 91.7 cm³/mol. The van der Waals surface area contributed by atoms with Crippen LogP contribution in [-0.4, -0.2) is 40.3 Å². The molecule has 0 fully saturated rings. The lowest BCUT2D eigenvalue weighted by atomic mass is 10.2. The van der Waals surface area contributed by atoms with Crippen molar-refractivity contribution in [1.29, 1.82) is 0 Å². The fourth-order valence-corrected chi connectivity index (χ4v) is 3.42. The van der Waals surface area contributed by atoms with E-state index < -0.39 is 15.7 Å². The standard InChI is InChI=1S/C15H12ClN5O3S/c1-25(23,24)13-7-10(4-5-11(13)16)15(22)20-12-3-2-6-18-14(12)21-9-17-8-19-21/h2-9H,1H3,(H,20,22). The Morgan fingerprint density at radius 2 is 2.08 bits per heavy atom. The molecule has 3 aromatic rings. The maximum atomic E-state index is 12.5. The Bertz CT molecular complexity index is 1040. The molecule has 1 aromatic carbocycles. The minimum absolute atomic E-state index is 0.0590. The van der Waals surface area contributed by atoms with Gasteiger partial charge in [0.05, 0.1) is 15.6 Å². The van der Waals surface area contributed by atoms with E-state index in [4.69, 9.17) is 11.6 Å². The smallest absolute Gasteiger partial charge is 0.255 e. The second-order valence-corrected chi connectivity index (χ2v) is 7.48. The zero-order valence-corrected chi connectivity index (χ0v) is 14.5. The number of amides is 1. The molecule has 8 nitrogen and oxygen atoms in total. The Kier molecular flexibility index (Phi) is 4.51. The molecule has 25 heavy (non-hydrogen) atoms. The zero-order chi connectivity index (χ0) is 18.0. The number of rotatable bonds is 4. The van der Waals surface area contributed by atoms with Gasteiger partial charge in [0.15, 0.2) is 15.7 Å². The van der Waals surface area contributed by atoms with Gasteiger partial charge in [0, 0.05) is 18.0 Å². The summed E-state index contributed by atoms with van der Waals surface area (Å²) in [4.78, 5) is 20.4. The molecule has 0 saturated heterocycles. The molecule has 0 spiro atoms. The van der Waals surface area contributed by atoms with E-state index in [-0.39, 0.29) is 15.5 Å². The number of aromatic nitrogens is 4. The van der Waals surface area contributed by atoms with Gasteiger partial charge in [0.25, 0.3) is 5.91 Å². The molecule has 0 bridgehead atoms. The van der Waals surface area contributed by atoms with Crippen LogP contribution < -0.4 is 5.32 Å². The number of pyridine rings is 1. The van der Waals surface area contributed by atoms with E-state index in [0.717, 1.165) is 6.26 Å². The average molecular weight is 378 g/mol. The third-order valence-corrected chi connectivity index (χ3v) is 4.84. The molecular weight excluding hydrogens is 366 g/mol. The van der Waals surface area contributed by atoms with E-state index in [0.29, 0.717) is 11.5 Å². The molecule has 0 unspecified atom stereocenters. The van der Waals surface area contributed by atoms with Gasteiger partial charge < -0.3 is 5.32 Å². The summed E-state index contributed by atoms with van der Waals surface area (Å²) < 4.78 is 24.9. The number of benzene rings is 1. The van der Waals surface area contributed by atoms with Crippen molar-refractivity contribution in [3.05, 3.63) is 59.8 Å². The molecule has 3 rings (SSSR count). The molecule has 1 amide bonds. The zero-order valence-electron chi connectivity index (χ0n) is 12.9. The van der Waals surface area contributed by atoms with E-state index in [2.05, 4.69) is 20.4 Å². The quantitative estimate of drug-likeness (QED) is 0.744. The SMILES string of the molecule is CS(=O)(=O)c1cc(C(=O)Nc2cccnc2-n2cncn2)ccc1Cl. The van der Waals surface area contributed by atoms with Crippen molar-refractivity contribution >= 4 is 33.0 Å². The average Bonchev–Trinajstić information content (AvgIpc) is 3.09. The highest BCUT2D eigenvalue weighted by atomic mass is 35.5. The van der Waals surface area contributed by atoms with E-state index in [1.165, 1.54) is 35.5 Å². The van der Waals surface area contributed by atoms with Crippen molar-refractivity contribution in [3.63, 3.8) is 0 Å². The molecule has 2 heterocycles. The van der Waals surface area contributed by atoms with Crippen LogP contribution in [0.25, 0.3) is 5.82 Å². The van der Waals surface area contributed by atoms with Gasteiger partial charge in [-0.25, -0.2) is 23.1 Å². The summed E-state index contributed by atoms with van der Waals surface area (Å²) in [5.74, 6) is -0.124. The summed E-state index contributed by atoms with van der Waals surface area (Å²) >= 11 is 5.90. The fourth-order valence-electron chi connectivity index (χ4n) is 2.12. The number of sulfone groups is 1. The lowest BCUT2D eigenvalue weighted by molar-refractivity contribution is 0.102. The first kappa shape index (κ1) is 17.1. The lowest BCUT2D eigenvalue weighted by Crippen LogP contribution is -2.15. The molecule has 0 aliphatic heterocycles. The van der Waals surface area contributed by atoms with Gasteiger partial charge in [-0.15, -0.1) is 0 Å². The molecule has 0 saturated carbocycles. The van der Waals surface area contributed by atoms with Crippen LogP contribution in [0.4, 0.5) is 5.69 Å². The van der Waals surface area contributed by atoms with Crippen LogP contribution in [0.5, 0.6) is 0 Å². The van der Waals surface area contributed by atoms with Crippen molar-refractivity contribution < 1.29 is 13.2 Å². The minimum Gasteiger partial charge on any atom is -0.319 e. The second kappa shape index (κ2) is 6.61. The number of nitrogens with one attached hydrogen (secondary N) is 1. The minimum atomic E-state index is -3.55. The normalized spacial score (nSPS) is 11.3. The van der Waals surface area contributed by atoms with Gasteiger partial charge in [0.2, 0.25) is 0 Å². The summed E-state index contributed by atoms with van der Waals surface area (Å²) in [6, 6.07) is 7.35. The first-order chi connectivity index (χ1) is 11.9. The molecule has 0 radical (unpaired) electrons. The van der Waals surface area contributed by atoms with Crippen LogP contribution in [0.3, 0.4) is 0 Å². The van der Waals surface area contributed by atoms with Gasteiger partial charge in [0.1, 0.15) is 12.7 Å². The Labute approximate surface area is 148 Å². The third kappa shape index (κ3) is 3.67. The van der Waals surface area contributed by atoms with Gasteiger partial charge in [-0.1, -0.05) is 11.6 Å². The van der Waals surface area contributed by atoms with E-state index in [1.807, 2.05) is 0 Å². The Hall–Kier alpha value is -2.78. The summed E-state index contributed by atoms with van der Waals surface area (Å²) in [5, 5.41) is 6.72. The summed E-state index contributed by atoms with van der Waals surface area (Å²) in [6.45, 7) is 0. The van der Waals surface area contributed by atoms with Crippen LogP contribution in [0.2, 0.25) is 5.02 Å². The number of nitrogens with zero attached hydrogens (tertiary/aromatic N) is 4. The van der Waals surface area contributed by atoms with Crippen LogP contribution in [0, 0.1) is 0 Å². The van der Waals surface area contributed by atoms with Crippen molar-refractivity contribution in [2.24, 2.45) is 0 Å². The monoisotopic (exact) mass is 377 g/mol. The van der Waals surface area contributed by atoms with Crippen LogP contribution in [0.1, 0.15) is 10.4 Å². The summed E-state index contributed by atoms with van der Waals surface area (Å²) in [6.07, 6.45) is 5.37. The molecular formula is C15H12ClN5O3S. The van der Waals surface area contributed by atoms with Gasteiger partial charge in [-0.3, -0.25) is 4.79 Å². The van der Waals surface area contributed by atoms with Crippen LogP contribution >= 0.6 is 11.6 Å². The molecule has 2 aromatic heterocycles. The van der Waals surface area contributed by atoms with Crippen LogP contribution in [0.15, 0.2) is 54.1 Å². The lowest BCUT2D eigenvalue weighted by Gasteiger charge is -2.10. The van der Waals surface area contributed by atoms with Crippen LogP contribution in [-0.2, 0) is 9.84 Å². The first-order valence-corrected chi connectivity index (χ1v) is 9.24. The van der Waals surface area contributed by atoms with Gasteiger partial charge >= 0.3 is 0 Å². The van der Waals surface area contributed by atoms with Crippen molar-refractivity contribution in [2.75, 3.05) is 11.6 Å². The second-order valence-electron chi connectivity index (χ2n) is 5.09. The molecule has 10 heteroatoms. The number of carbonyl (C=O) groups is 1. The number of hydrogen-bond acceptors (Lipinski definition) is 6. The fraction of sp³-hybridized carbons (Fsp3) is 0.0667. The predicted octanol–water partition coefficient (Wildman–Crippen LogP) is 1.97. The number of hydrogen-bond donors (Lipinski definition) is 1. The first-order valence-electron chi connectivity index (χ1n) is 6.97. The van der Waals surface area contributed by atoms with E-state index in [1.54, 1.807) is 18.3 Å². The number of anilines is 1. The van der Waals surface area contributed by atoms with Gasteiger partial charge in [-0.05, 0) is 30.3 Å². The maximum Gasteiger partial charge on any atom is 0.255 e.